The summed E-state index contributed by atoms with van der Waals surface area (Å²) in [6.45, 7) is 0. The van der Waals surface area contributed by atoms with Gasteiger partial charge in [0.1, 0.15) is 5.82 Å². The number of halogens is 2. The van der Waals surface area contributed by atoms with Crippen LogP contribution in [0.25, 0.3) is 11.4 Å². The number of hydrogen-bond acceptors (Lipinski definition) is 3. The third kappa shape index (κ3) is 2.14. The fourth-order valence-corrected chi connectivity index (χ4v) is 1.63. The molecule has 0 N–H and O–H groups in total. The highest BCUT2D eigenvalue weighted by Crippen LogP contribution is 2.25. The molecular formula is C11H6BrFN2O. The minimum absolute atomic E-state index is 0.360. The maximum absolute atomic E-state index is 13.0. The Bertz CT molecular complexity index is 528. The Balaban J connectivity index is 2.49. The number of hydrogen-bond donors (Lipinski definition) is 0. The molecule has 0 radical (unpaired) electrons. The summed E-state index contributed by atoms with van der Waals surface area (Å²) in [5.74, 6) is 0.0123. The smallest absolute Gasteiger partial charge is 0.160 e. The summed E-state index contributed by atoms with van der Waals surface area (Å²) in [6, 6.07) is 4.26. The zero-order chi connectivity index (χ0) is 11.5. The molecule has 0 aliphatic carbocycles. The summed E-state index contributed by atoms with van der Waals surface area (Å²) in [5.41, 5.74) is 0.939. The second-order valence-corrected chi connectivity index (χ2v) is 3.94. The molecule has 3 nitrogen and oxygen atoms in total. The van der Waals surface area contributed by atoms with E-state index < -0.39 is 0 Å². The number of rotatable bonds is 2. The first-order valence-corrected chi connectivity index (χ1v) is 5.22. The van der Waals surface area contributed by atoms with Crippen LogP contribution in [0.15, 0.2) is 35.1 Å². The number of aromatic nitrogens is 2. The molecule has 0 saturated heterocycles. The first-order chi connectivity index (χ1) is 7.70. The lowest BCUT2D eigenvalue weighted by molar-refractivity contribution is 0.112. The first-order valence-electron chi connectivity index (χ1n) is 4.43. The van der Waals surface area contributed by atoms with Gasteiger partial charge in [-0.05, 0) is 18.2 Å². The van der Waals surface area contributed by atoms with Crippen LogP contribution < -0.4 is 0 Å². The van der Waals surface area contributed by atoms with Gasteiger partial charge in [0.05, 0.1) is 5.56 Å². The Morgan fingerprint density at radius 1 is 1.25 bits per heavy atom. The summed E-state index contributed by atoms with van der Waals surface area (Å²) in [5, 5.41) is 0. The number of carbonyl (C=O) groups is 1. The molecule has 0 amide bonds. The molecule has 2 aromatic rings. The maximum atomic E-state index is 13.0. The Kier molecular flexibility index (Phi) is 3.05. The lowest BCUT2D eigenvalue weighted by atomic mass is 10.2. The molecule has 1 heterocycles. The van der Waals surface area contributed by atoms with Crippen molar-refractivity contribution in [2.75, 3.05) is 0 Å². The van der Waals surface area contributed by atoms with Crippen molar-refractivity contribution in [1.82, 2.24) is 9.97 Å². The quantitative estimate of drug-likeness (QED) is 0.795. The van der Waals surface area contributed by atoms with E-state index in [1.165, 1.54) is 24.5 Å². The minimum Gasteiger partial charge on any atom is -0.298 e. The zero-order valence-corrected chi connectivity index (χ0v) is 9.61. The summed E-state index contributed by atoms with van der Waals surface area (Å²) < 4.78 is 13.7. The van der Waals surface area contributed by atoms with Crippen LogP contribution in [0.2, 0.25) is 0 Å². The Labute approximate surface area is 99.5 Å². The predicted molar refractivity (Wildman–Crippen MR) is 60.5 cm³/mol. The maximum Gasteiger partial charge on any atom is 0.160 e. The monoisotopic (exact) mass is 280 g/mol. The van der Waals surface area contributed by atoms with Gasteiger partial charge in [-0.3, -0.25) is 4.79 Å². The van der Waals surface area contributed by atoms with Gasteiger partial charge in [-0.15, -0.1) is 0 Å². The molecular weight excluding hydrogens is 275 g/mol. The summed E-state index contributed by atoms with van der Waals surface area (Å²) in [7, 11) is 0. The number of aldehydes is 1. The van der Waals surface area contributed by atoms with E-state index in [0.29, 0.717) is 27.7 Å². The summed E-state index contributed by atoms with van der Waals surface area (Å²) >= 11 is 3.29. The van der Waals surface area contributed by atoms with Gasteiger partial charge in [0.15, 0.2) is 12.1 Å². The molecule has 0 bridgehead atoms. The Hall–Kier alpha value is -1.62. The van der Waals surface area contributed by atoms with Crippen molar-refractivity contribution < 1.29 is 9.18 Å². The molecule has 0 atom stereocenters. The highest BCUT2D eigenvalue weighted by Gasteiger charge is 2.07. The van der Waals surface area contributed by atoms with Crippen LogP contribution in [0.1, 0.15) is 10.4 Å². The SMILES string of the molecule is O=Cc1cnc(-c2cc(F)ccc2Br)nc1. The van der Waals surface area contributed by atoms with Crippen LogP contribution in [-0.2, 0) is 0 Å². The van der Waals surface area contributed by atoms with E-state index in [1.807, 2.05) is 0 Å². The molecule has 0 saturated carbocycles. The summed E-state index contributed by atoms with van der Waals surface area (Å²) in [6.07, 6.45) is 3.45. The van der Waals surface area contributed by atoms with Crippen molar-refractivity contribution >= 4 is 22.2 Å². The molecule has 0 fully saturated rings. The van der Waals surface area contributed by atoms with Gasteiger partial charge >= 0.3 is 0 Å². The van der Waals surface area contributed by atoms with Crippen molar-refractivity contribution in [1.29, 1.82) is 0 Å². The summed E-state index contributed by atoms with van der Waals surface area (Å²) in [4.78, 5) is 18.4. The molecule has 0 aliphatic heterocycles. The topological polar surface area (TPSA) is 42.9 Å². The van der Waals surface area contributed by atoms with Crippen LogP contribution >= 0.6 is 15.9 Å². The lowest BCUT2D eigenvalue weighted by Crippen LogP contribution is -1.92. The van der Waals surface area contributed by atoms with Gasteiger partial charge < -0.3 is 0 Å². The van der Waals surface area contributed by atoms with Gasteiger partial charge in [-0.2, -0.15) is 0 Å². The van der Waals surface area contributed by atoms with E-state index >= 15 is 0 Å². The van der Waals surface area contributed by atoms with Crippen LogP contribution in [0.4, 0.5) is 4.39 Å². The number of nitrogens with zero attached hydrogens (tertiary/aromatic N) is 2. The van der Waals surface area contributed by atoms with Crippen LogP contribution in [0, 0.1) is 5.82 Å². The third-order valence-electron chi connectivity index (χ3n) is 1.98. The van der Waals surface area contributed by atoms with Gasteiger partial charge in [0.25, 0.3) is 0 Å². The van der Waals surface area contributed by atoms with Crippen LogP contribution in [0.3, 0.4) is 0 Å². The van der Waals surface area contributed by atoms with Crippen LogP contribution in [-0.4, -0.2) is 16.3 Å². The van der Waals surface area contributed by atoms with E-state index in [0.717, 1.165) is 0 Å². The van der Waals surface area contributed by atoms with Crippen molar-refractivity contribution in [2.24, 2.45) is 0 Å². The molecule has 5 heteroatoms. The molecule has 16 heavy (non-hydrogen) atoms. The zero-order valence-electron chi connectivity index (χ0n) is 8.02. The normalized spacial score (nSPS) is 10.1. The second kappa shape index (κ2) is 4.49. The fraction of sp³-hybridized carbons (Fsp3) is 0. The molecule has 0 unspecified atom stereocenters. The van der Waals surface area contributed by atoms with E-state index in [-0.39, 0.29) is 5.82 Å². The predicted octanol–water partition coefficient (Wildman–Crippen LogP) is 2.86. The molecule has 0 spiro atoms. The first kappa shape index (κ1) is 10.9. The third-order valence-corrected chi connectivity index (χ3v) is 2.67. The van der Waals surface area contributed by atoms with Gasteiger partial charge in [0.2, 0.25) is 0 Å². The highest BCUT2D eigenvalue weighted by atomic mass is 79.9. The van der Waals surface area contributed by atoms with Gasteiger partial charge in [-0.25, -0.2) is 14.4 Å². The lowest BCUT2D eigenvalue weighted by Gasteiger charge is -2.02. The number of benzene rings is 1. The van der Waals surface area contributed by atoms with E-state index in [9.17, 15) is 9.18 Å². The van der Waals surface area contributed by atoms with E-state index in [1.54, 1.807) is 6.07 Å². The fourth-order valence-electron chi connectivity index (χ4n) is 1.21. The molecule has 80 valence electrons. The standard InChI is InChI=1S/C11H6BrFN2O/c12-10-2-1-8(13)3-9(10)11-14-4-7(6-16)5-15-11/h1-6H. The molecule has 1 aromatic heterocycles. The molecule has 0 aliphatic rings. The largest absolute Gasteiger partial charge is 0.298 e. The average Bonchev–Trinajstić information content (AvgIpc) is 2.32. The average molecular weight is 281 g/mol. The van der Waals surface area contributed by atoms with Crippen molar-refractivity contribution in [3.63, 3.8) is 0 Å². The minimum atomic E-state index is -0.360. The van der Waals surface area contributed by atoms with Crippen molar-refractivity contribution in [2.45, 2.75) is 0 Å². The molecule has 2 rings (SSSR count). The van der Waals surface area contributed by atoms with E-state index in [2.05, 4.69) is 25.9 Å². The van der Waals surface area contributed by atoms with Gasteiger partial charge in [0, 0.05) is 22.4 Å². The Morgan fingerprint density at radius 2 is 1.94 bits per heavy atom. The Morgan fingerprint density at radius 3 is 2.56 bits per heavy atom. The van der Waals surface area contributed by atoms with Crippen molar-refractivity contribution in [3.8, 4) is 11.4 Å². The second-order valence-electron chi connectivity index (χ2n) is 3.08. The number of carbonyl (C=O) groups excluding carboxylic acids is 1. The van der Waals surface area contributed by atoms with E-state index in [4.69, 9.17) is 0 Å². The van der Waals surface area contributed by atoms with Gasteiger partial charge in [-0.1, -0.05) is 15.9 Å². The molecule has 1 aromatic carbocycles. The van der Waals surface area contributed by atoms with Crippen LogP contribution in [0.5, 0.6) is 0 Å². The highest BCUT2D eigenvalue weighted by molar-refractivity contribution is 9.10. The van der Waals surface area contributed by atoms with Crippen molar-refractivity contribution in [3.05, 3.63) is 46.4 Å².